The van der Waals surface area contributed by atoms with Gasteiger partial charge in [-0.2, -0.15) is 0 Å². The molecule has 46 valence electrons. The quantitative estimate of drug-likeness (QED) is 0.500. The molecule has 2 nitrogen and oxygen atoms in total. The highest BCUT2D eigenvalue weighted by molar-refractivity contribution is 4.87. The van der Waals surface area contributed by atoms with Crippen LogP contribution in [0.3, 0.4) is 0 Å². The van der Waals surface area contributed by atoms with Gasteiger partial charge < -0.3 is 4.74 Å². The second-order valence-electron chi connectivity index (χ2n) is 1.77. The van der Waals surface area contributed by atoms with Crippen LogP contribution >= 0.6 is 0 Å². The van der Waals surface area contributed by atoms with E-state index < -0.39 is 0 Å². The van der Waals surface area contributed by atoms with Crippen LogP contribution in [0.1, 0.15) is 6.92 Å². The molecule has 0 spiro atoms. The summed E-state index contributed by atoms with van der Waals surface area (Å²) in [5.41, 5.74) is 0. The third kappa shape index (κ3) is 1.32. The van der Waals surface area contributed by atoms with Crippen molar-refractivity contribution < 1.29 is 4.74 Å². The lowest BCUT2D eigenvalue weighted by atomic mass is 10.5. The highest BCUT2D eigenvalue weighted by atomic mass is 16.5. The van der Waals surface area contributed by atoms with Crippen LogP contribution in [-0.4, -0.2) is 19.4 Å². The van der Waals surface area contributed by atoms with Gasteiger partial charge in [-0.25, -0.2) is 0 Å². The van der Waals surface area contributed by atoms with Crippen molar-refractivity contribution in [3.05, 3.63) is 12.2 Å². The lowest BCUT2D eigenvalue weighted by Gasteiger charge is -1.99. The molecular weight excluding hydrogens is 102 g/mol. The fraction of sp³-hybridized carbons (Fsp3) is 0.667. The highest BCUT2D eigenvalue weighted by Crippen LogP contribution is 1.95. The van der Waals surface area contributed by atoms with Crippen molar-refractivity contribution in [3.63, 3.8) is 0 Å². The van der Waals surface area contributed by atoms with Crippen molar-refractivity contribution >= 4 is 0 Å². The van der Waals surface area contributed by atoms with Gasteiger partial charge in [0.2, 0.25) is 0 Å². The number of hydrogen-bond donors (Lipinski definition) is 1. The first-order chi connectivity index (χ1) is 3.93. The SMILES string of the molecule is CC=CC1NCCO1. The van der Waals surface area contributed by atoms with E-state index in [0.29, 0.717) is 0 Å². The first-order valence-corrected chi connectivity index (χ1v) is 2.91. The molecule has 1 heterocycles. The van der Waals surface area contributed by atoms with Crippen molar-refractivity contribution in [2.75, 3.05) is 13.2 Å². The maximum Gasteiger partial charge on any atom is 0.127 e. The monoisotopic (exact) mass is 113 g/mol. The summed E-state index contributed by atoms with van der Waals surface area (Å²) in [6.45, 7) is 3.81. The average molecular weight is 113 g/mol. The minimum atomic E-state index is 0.181. The van der Waals surface area contributed by atoms with Crippen LogP contribution in [0.4, 0.5) is 0 Å². The van der Waals surface area contributed by atoms with Crippen LogP contribution < -0.4 is 5.32 Å². The summed E-state index contributed by atoms with van der Waals surface area (Å²) >= 11 is 0. The van der Waals surface area contributed by atoms with Gasteiger partial charge in [-0.05, 0) is 13.0 Å². The van der Waals surface area contributed by atoms with Gasteiger partial charge in [0.15, 0.2) is 0 Å². The maximum absolute atomic E-state index is 5.20. The number of allylic oxidation sites excluding steroid dienone is 1. The Morgan fingerprint density at radius 3 is 3.12 bits per heavy atom. The Balaban J connectivity index is 2.24. The normalized spacial score (nSPS) is 29.9. The first-order valence-electron chi connectivity index (χ1n) is 2.91. The molecule has 1 saturated heterocycles. The summed E-state index contributed by atoms with van der Waals surface area (Å²) in [7, 11) is 0. The van der Waals surface area contributed by atoms with Gasteiger partial charge in [0.1, 0.15) is 6.23 Å². The summed E-state index contributed by atoms with van der Waals surface area (Å²) in [6, 6.07) is 0. The predicted molar refractivity (Wildman–Crippen MR) is 32.6 cm³/mol. The lowest BCUT2D eigenvalue weighted by Crippen LogP contribution is -2.19. The summed E-state index contributed by atoms with van der Waals surface area (Å²) in [4.78, 5) is 0. The molecule has 1 fully saturated rings. The Hall–Kier alpha value is -0.340. The molecule has 1 rings (SSSR count). The second-order valence-corrected chi connectivity index (χ2v) is 1.77. The Morgan fingerprint density at radius 2 is 2.62 bits per heavy atom. The molecule has 8 heavy (non-hydrogen) atoms. The standard InChI is InChI=1S/C6H11NO/c1-2-3-6-7-4-5-8-6/h2-3,6-7H,4-5H2,1H3. The number of hydrogen-bond acceptors (Lipinski definition) is 2. The van der Waals surface area contributed by atoms with Crippen molar-refractivity contribution in [1.82, 2.24) is 5.32 Å². The minimum absolute atomic E-state index is 0.181. The zero-order valence-corrected chi connectivity index (χ0v) is 5.05. The van der Waals surface area contributed by atoms with E-state index in [9.17, 15) is 0 Å². The molecular formula is C6H11NO. The second kappa shape index (κ2) is 2.84. The van der Waals surface area contributed by atoms with Crippen LogP contribution in [0.2, 0.25) is 0 Å². The van der Waals surface area contributed by atoms with E-state index in [1.54, 1.807) is 0 Å². The molecule has 1 atom stereocenters. The maximum atomic E-state index is 5.20. The van der Waals surface area contributed by atoms with Crippen LogP contribution in [0.25, 0.3) is 0 Å². The molecule has 1 aliphatic rings. The van der Waals surface area contributed by atoms with Gasteiger partial charge in [-0.3, -0.25) is 5.32 Å². The smallest absolute Gasteiger partial charge is 0.127 e. The van der Waals surface area contributed by atoms with Gasteiger partial charge in [0.25, 0.3) is 0 Å². The molecule has 0 radical (unpaired) electrons. The Morgan fingerprint density at radius 1 is 1.75 bits per heavy atom. The Bertz CT molecular complexity index is 84.5. The fourth-order valence-electron chi connectivity index (χ4n) is 0.744. The van der Waals surface area contributed by atoms with E-state index in [1.807, 2.05) is 19.1 Å². The molecule has 0 amide bonds. The Labute approximate surface area is 49.5 Å². The topological polar surface area (TPSA) is 21.3 Å². The number of nitrogens with one attached hydrogen (secondary N) is 1. The average Bonchev–Trinajstić information content (AvgIpc) is 2.19. The van der Waals surface area contributed by atoms with E-state index >= 15 is 0 Å². The van der Waals surface area contributed by atoms with E-state index in [-0.39, 0.29) is 6.23 Å². The van der Waals surface area contributed by atoms with Gasteiger partial charge in [-0.1, -0.05) is 6.08 Å². The summed E-state index contributed by atoms with van der Waals surface area (Å²) in [5.74, 6) is 0. The Kier molecular flexibility index (Phi) is 2.06. The fourth-order valence-corrected chi connectivity index (χ4v) is 0.744. The summed E-state index contributed by atoms with van der Waals surface area (Å²) < 4.78 is 5.20. The van der Waals surface area contributed by atoms with Gasteiger partial charge in [-0.15, -0.1) is 0 Å². The first kappa shape index (κ1) is 5.79. The zero-order valence-electron chi connectivity index (χ0n) is 5.05. The van der Waals surface area contributed by atoms with E-state index in [0.717, 1.165) is 13.2 Å². The molecule has 2 heteroatoms. The molecule has 0 aromatic heterocycles. The van der Waals surface area contributed by atoms with Crippen LogP contribution in [0.5, 0.6) is 0 Å². The van der Waals surface area contributed by atoms with E-state index in [2.05, 4.69) is 5.32 Å². The predicted octanol–water partition coefficient (Wildman–Crippen LogP) is 0.508. The van der Waals surface area contributed by atoms with Crippen molar-refractivity contribution in [2.24, 2.45) is 0 Å². The molecule has 0 saturated carbocycles. The van der Waals surface area contributed by atoms with Crippen molar-refractivity contribution in [3.8, 4) is 0 Å². The lowest BCUT2D eigenvalue weighted by molar-refractivity contribution is 0.138. The molecule has 0 aliphatic carbocycles. The summed E-state index contributed by atoms with van der Waals surface area (Å²) in [6.07, 6.45) is 4.18. The molecule has 0 aromatic rings. The highest BCUT2D eigenvalue weighted by Gasteiger charge is 2.08. The molecule has 0 aromatic carbocycles. The minimum Gasteiger partial charge on any atom is -0.358 e. The van der Waals surface area contributed by atoms with Crippen LogP contribution in [-0.2, 0) is 4.74 Å². The van der Waals surface area contributed by atoms with E-state index in [4.69, 9.17) is 4.74 Å². The van der Waals surface area contributed by atoms with Gasteiger partial charge in [0, 0.05) is 6.54 Å². The van der Waals surface area contributed by atoms with Crippen molar-refractivity contribution in [2.45, 2.75) is 13.2 Å². The van der Waals surface area contributed by atoms with Gasteiger partial charge in [0.05, 0.1) is 6.61 Å². The number of rotatable bonds is 1. The molecule has 1 unspecified atom stereocenters. The third-order valence-corrected chi connectivity index (χ3v) is 1.11. The molecule has 1 aliphatic heterocycles. The largest absolute Gasteiger partial charge is 0.358 e. The molecule has 0 bridgehead atoms. The van der Waals surface area contributed by atoms with E-state index in [1.165, 1.54) is 0 Å². The number of ether oxygens (including phenoxy) is 1. The molecule has 1 N–H and O–H groups in total. The third-order valence-electron chi connectivity index (χ3n) is 1.11. The zero-order chi connectivity index (χ0) is 5.82. The summed E-state index contributed by atoms with van der Waals surface area (Å²) in [5, 5.41) is 3.15. The van der Waals surface area contributed by atoms with Crippen LogP contribution in [0.15, 0.2) is 12.2 Å². The van der Waals surface area contributed by atoms with Gasteiger partial charge >= 0.3 is 0 Å². The van der Waals surface area contributed by atoms with Crippen molar-refractivity contribution in [1.29, 1.82) is 0 Å². The van der Waals surface area contributed by atoms with Crippen LogP contribution in [0, 0.1) is 0 Å².